The number of ether oxygens (including phenoxy) is 3. The van der Waals surface area contributed by atoms with E-state index in [2.05, 4.69) is 10.6 Å². The lowest BCUT2D eigenvalue weighted by molar-refractivity contribution is 0.102. The molecule has 0 saturated heterocycles. The standard InChI is InChI=1S/C23H24N2O4/c1-27-19-11-13-20(14-12-19)29-16-15-24-17-7-9-18(10-8-17)25-23(26)21-5-3-4-6-22(21)28-2/h3-14,24H,15-16H2,1-2H3,(H,25,26). The third kappa shape index (κ3) is 5.65. The summed E-state index contributed by atoms with van der Waals surface area (Å²) < 4.78 is 16.0. The quantitative estimate of drug-likeness (QED) is 0.527. The third-order valence-electron chi connectivity index (χ3n) is 4.25. The normalized spacial score (nSPS) is 10.1. The average molecular weight is 392 g/mol. The molecule has 0 aliphatic carbocycles. The van der Waals surface area contributed by atoms with Crippen LogP contribution in [0.5, 0.6) is 17.2 Å². The molecule has 0 spiro atoms. The maximum atomic E-state index is 12.4. The zero-order valence-corrected chi connectivity index (χ0v) is 16.5. The highest BCUT2D eigenvalue weighted by Gasteiger charge is 2.11. The largest absolute Gasteiger partial charge is 0.497 e. The van der Waals surface area contributed by atoms with Crippen molar-refractivity contribution < 1.29 is 19.0 Å². The zero-order valence-electron chi connectivity index (χ0n) is 16.5. The van der Waals surface area contributed by atoms with Gasteiger partial charge in [-0.1, -0.05) is 12.1 Å². The van der Waals surface area contributed by atoms with Crippen LogP contribution in [0.4, 0.5) is 11.4 Å². The molecule has 3 aromatic rings. The van der Waals surface area contributed by atoms with E-state index < -0.39 is 0 Å². The average Bonchev–Trinajstić information content (AvgIpc) is 2.78. The summed E-state index contributed by atoms with van der Waals surface area (Å²) in [5, 5.41) is 6.16. The van der Waals surface area contributed by atoms with Crippen molar-refractivity contribution in [1.29, 1.82) is 0 Å². The monoisotopic (exact) mass is 392 g/mol. The predicted octanol–water partition coefficient (Wildman–Crippen LogP) is 4.45. The molecular weight excluding hydrogens is 368 g/mol. The molecule has 0 saturated carbocycles. The van der Waals surface area contributed by atoms with Crippen LogP contribution in [0, 0.1) is 0 Å². The minimum atomic E-state index is -0.212. The maximum Gasteiger partial charge on any atom is 0.259 e. The zero-order chi connectivity index (χ0) is 20.5. The maximum absolute atomic E-state index is 12.4. The van der Waals surface area contributed by atoms with Gasteiger partial charge >= 0.3 is 0 Å². The number of carbonyl (C=O) groups is 1. The Morgan fingerprint density at radius 3 is 2.14 bits per heavy atom. The van der Waals surface area contributed by atoms with E-state index in [4.69, 9.17) is 14.2 Å². The first kappa shape index (κ1) is 20.1. The van der Waals surface area contributed by atoms with Crippen molar-refractivity contribution >= 4 is 17.3 Å². The van der Waals surface area contributed by atoms with Gasteiger partial charge < -0.3 is 24.8 Å². The van der Waals surface area contributed by atoms with E-state index in [1.165, 1.54) is 0 Å². The number of nitrogens with one attached hydrogen (secondary N) is 2. The van der Waals surface area contributed by atoms with E-state index >= 15 is 0 Å². The van der Waals surface area contributed by atoms with Crippen LogP contribution < -0.4 is 24.8 Å². The van der Waals surface area contributed by atoms with E-state index in [1.54, 1.807) is 32.4 Å². The summed E-state index contributed by atoms with van der Waals surface area (Å²) in [6.45, 7) is 1.18. The van der Waals surface area contributed by atoms with Gasteiger partial charge in [0.1, 0.15) is 23.9 Å². The second-order valence-corrected chi connectivity index (χ2v) is 6.18. The molecule has 2 N–H and O–H groups in total. The van der Waals surface area contributed by atoms with E-state index in [0.29, 0.717) is 30.2 Å². The summed E-state index contributed by atoms with van der Waals surface area (Å²) >= 11 is 0. The molecule has 0 unspecified atom stereocenters. The number of rotatable bonds is 9. The van der Waals surface area contributed by atoms with Gasteiger partial charge in [0.15, 0.2) is 0 Å². The van der Waals surface area contributed by atoms with Gasteiger partial charge in [0.2, 0.25) is 0 Å². The molecule has 150 valence electrons. The molecule has 0 radical (unpaired) electrons. The minimum Gasteiger partial charge on any atom is -0.497 e. The highest BCUT2D eigenvalue weighted by atomic mass is 16.5. The first-order chi connectivity index (χ1) is 14.2. The van der Waals surface area contributed by atoms with E-state index in [1.807, 2.05) is 54.6 Å². The summed E-state index contributed by atoms with van der Waals surface area (Å²) in [5.41, 5.74) is 2.15. The van der Waals surface area contributed by atoms with Crippen molar-refractivity contribution in [3.63, 3.8) is 0 Å². The van der Waals surface area contributed by atoms with Crippen LogP contribution in [-0.4, -0.2) is 33.3 Å². The number of methoxy groups -OCH3 is 2. The van der Waals surface area contributed by atoms with Crippen molar-refractivity contribution in [3.8, 4) is 17.2 Å². The van der Waals surface area contributed by atoms with Gasteiger partial charge in [0, 0.05) is 17.9 Å². The molecular formula is C23H24N2O4. The summed E-state index contributed by atoms with van der Waals surface area (Å²) in [5.74, 6) is 1.92. The fourth-order valence-electron chi connectivity index (χ4n) is 2.74. The van der Waals surface area contributed by atoms with Gasteiger partial charge in [0.05, 0.1) is 19.8 Å². The summed E-state index contributed by atoms with van der Waals surface area (Å²) in [6.07, 6.45) is 0. The third-order valence-corrected chi connectivity index (χ3v) is 4.25. The molecule has 1 amide bonds. The van der Waals surface area contributed by atoms with Crippen LogP contribution in [0.1, 0.15) is 10.4 Å². The van der Waals surface area contributed by atoms with E-state index in [-0.39, 0.29) is 5.91 Å². The van der Waals surface area contributed by atoms with Gasteiger partial charge in [-0.25, -0.2) is 0 Å². The van der Waals surface area contributed by atoms with Gasteiger partial charge in [-0.2, -0.15) is 0 Å². The number of carbonyl (C=O) groups excluding carboxylic acids is 1. The highest BCUT2D eigenvalue weighted by Crippen LogP contribution is 2.20. The first-order valence-corrected chi connectivity index (χ1v) is 9.25. The predicted molar refractivity (Wildman–Crippen MR) is 114 cm³/mol. The lowest BCUT2D eigenvalue weighted by atomic mass is 10.2. The molecule has 0 aromatic heterocycles. The van der Waals surface area contributed by atoms with Gasteiger partial charge in [-0.05, 0) is 60.7 Å². The van der Waals surface area contributed by atoms with Crippen molar-refractivity contribution in [2.45, 2.75) is 0 Å². The van der Waals surface area contributed by atoms with Crippen LogP contribution >= 0.6 is 0 Å². The Bertz CT molecular complexity index is 924. The fourth-order valence-corrected chi connectivity index (χ4v) is 2.74. The Morgan fingerprint density at radius 2 is 1.45 bits per heavy atom. The molecule has 0 fully saturated rings. The second-order valence-electron chi connectivity index (χ2n) is 6.18. The molecule has 0 heterocycles. The highest BCUT2D eigenvalue weighted by molar-refractivity contribution is 6.06. The van der Waals surface area contributed by atoms with Crippen molar-refractivity contribution in [2.24, 2.45) is 0 Å². The van der Waals surface area contributed by atoms with E-state index in [0.717, 1.165) is 17.2 Å². The van der Waals surface area contributed by atoms with Gasteiger partial charge in [0.25, 0.3) is 5.91 Å². The molecule has 0 aliphatic heterocycles. The Hall–Kier alpha value is -3.67. The molecule has 0 bridgehead atoms. The number of amides is 1. The van der Waals surface area contributed by atoms with Gasteiger partial charge in [-0.3, -0.25) is 4.79 Å². The van der Waals surface area contributed by atoms with Crippen molar-refractivity contribution in [3.05, 3.63) is 78.4 Å². The van der Waals surface area contributed by atoms with Crippen molar-refractivity contribution in [2.75, 3.05) is 38.0 Å². The molecule has 3 aromatic carbocycles. The number of benzene rings is 3. The minimum absolute atomic E-state index is 0.212. The lowest BCUT2D eigenvalue weighted by Crippen LogP contribution is -2.13. The van der Waals surface area contributed by atoms with Crippen LogP contribution in [0.3, 0.4) is 0 Å². The van der Waals surface area contributed by atoms with E-state index in [9.17, 15) is 4.79 Å². The smallest absolute Gasteiger partial charge is 0.259 e. The molecule has 6 heteroatoms. The van der Waals surface area contributed by atoms with Crippen molar-refractivity contribution in [1.82, 2.24) is 0 Å². The molecule has 0 aliphatic rings. The molecule has 3 rings (SSSR count). The molecule has 29 heavy (non-hydrogen) atoms. The Morgan fingerprint density at radius 1 is 0.793 bits per heavy atom. The Kier molecular flexibility index (Phi) is 6.95. The second kappa shape index (κ2) is 10.0. The number of hydrogen-bond acceptors (Lipinski definition) is 5. The number of para-hydroxylation sites is 1. The fraction of sp³-hybridized carbons (Fsp3) is 0.174. The summed E-state index contributed by atoms with van der Waals surface area (Å²) in [4.78, 5) is 12.4. The number of anilines is 2. The Balaban J connectivity index is 1.46. The summed E-state index contributed by atoms with van der Waals surface area (Å²) in [7, 11) is 3.18. The van der Waals surface area contributed by atoms with Crippen LogP contribution in [-0.2, 0) is 0 Å². The van der Waals surface area contributed by atoms with Crippen LogP contribution in [0.2, 0.25) is 0 Å². The molecule has 0 atom stereocenters. The van der Waals surface area contributed by atoms with Gasteiger partial charge in [-0.15, -0.1) is 0 Å². The topological polar surface area (TPSA) is 68.8 Å². The first-order valence-electron chi connectivity index (χ1n) is 9.25. The Labute approximate surface area is 170 Å². The lowest BCUT2D eigenvalue weighted by Gasteiger charge is -2.11. The summed E-state index contributed by atoms with van der Waals surface area (Å²) in [6, 6.07) is 22.1. The molecule has 6 nitrogen and oxygen atoms in total. The SMILES string of the molecule is COc1ccc(OCCNc2ccc(NC(=O)c3ccccc3OC)cc2)cc1. The van der Waals surface area contributed by atoms with Crippen LogP contribution in [0.15, 0.2) is 72.8 Å². The van der Waals surface area contributed by atoms with Crippen LogP contribution in [0.25, 0.3) is 0 Å². The number of hydrogen-bond donors (Lipinski definition) is 2.